The third kappa shape index (κ3) is 2.48. The minimum atomic E-state index is -0.375. The smallest absolute Gasteiger partial charge is 0.186 e. The van der Waals surface area contributed by atoms with E-state index in [9.17, 15) is 8.78 Å². The molecule has 0 aliphatic heterocycles. The molecule has 1 aromatic carbocycles. The zero-order valence-corrected chi connectivity index (χ0v) is 11.1. The van der Waals surface area contributed by atoms with Crippen molar-refractivity contribution in [1.29, 1.82) is 0 Å². The summed E-state index contributed by atoms with van der Waals surface area (Å²) in [4.78, 5) is 7.86. The lowest BCUT2D eigenvalue weighted by atomic mass is 10.1. The molecular weight excluding hydrogens is 260 g/mol. The molecule has 104 valence electrons. The zero-order chi connectivity index (χ0) is 14.1. The molecule has 1 saturated carbocycles. The van der Waals surface area contributed by atoms with E-state index in [1.54, 1.807) is 12.1 Å². The van der Waals surface area contributed by atoms with Gasteiger partial charge in [-0.3, -0.25) is 0 Å². The van der Waals surface area contributed by atoms with Crippen LogP contribution in [0.5, 0.6) is 0 Å². The van der Waals surface area contributed by atoms with Crippen LogP contribution in [0.1, 0.15) is 30.5 Å². The van der Waals surface area contributed by atoms with Crippen molar-refractivity contribution >= 4 is 5.82 Å². The van der Waals surface area contributed by atoms with Gasteiger partial charge < -0.3 is 5.32 Å². The Balaban J connectivity index is 1.70. The van der Waals surface area contributed by atoms with Crippen LogP contribution in [-0.2, 0) is 6.42 Å². The molecule has 1 aliphatic carbocycles. The fraction of sp³-hybridized carbons (Fsp3) is 0.333. The summed E-state index contributed by atoms with van der Waals surface area (Å²) in [7, 11) is 0. The molecule has 0 spiro atoms. The maximum atomic E-state index is 14.0. The van der Waals surface area contributed by atoms with E-state index >= 15 is 0 Å². The second kappa shape index (κ2) is 5.15. The van der Waals surface area contributed by atoms with Crippen molar-refractivity contribution in [3.63, 3.8) is 0 Å². The number of nitrogens with zero attached hydrogens (tertiary/aromatic N) is 2. The third-order valence-electron chi connectivity index (χ3n) is 3.61. The molecule has 1 aliphatic rings. The lowest BCUT2D eigenvalue weighted by Gasteiger charge is -2.08. The van der Waals surface area contributed by atoms with Gasteiger partial charge in [-0.2, -0.15) is 0 Å². The molecule has 0 saturated heterocycles. The van der Waals surface area contributed by atoms with E-state index in [-0.39, 0.29) is 29.4 Å². The Morgan fingerprint density at radius 2 is 1.95 bits per heavy atom. The van der Waals surface area contributed by atoms with Crippen molar-refractivity contribution < 1.29 is 8.78 Å². The number of hydrogen-bond acceptors (Lipinski definition) is 3. The summed E-state index contributed by atoms with van der Waals surface area (Å²) in [5.41, 5.74) is 1.48. The van der Waals surface area contributed by atoms with Crippen LogP contribution >= 0.6 is 0 Å². The van der Waals surface area contributed by atoms with Gasteiger partial charge in [-0.1, -0.05) is 19.1 Å². The minimum absolute atomic E-state index is 0.148. The van der Waals surface area contributed by atoms with E-state index in [0.29, 0.717) is 12.1 Å². The van der Waals surface area contributed by atoms with E-state index < -0.39 is 0 Å². The first-order valence-electron chi connectivity index (χ1n) is 6.70. The highest BCUT2D eigenvalue weighted by atomic mass is 19.1. The molecule has 0 amide bonds. The van der Waals surface area contributed by atoms with Gasteiger partial charge in [0.25, 0.3) is 0 Å². The molecule has 0 radical (unpaired) electrons. The molecule has 1 heterocycles. The molecule has 20 heavy (non-hydrogen) atoms. The van der Waals surface area contributed by atoms with Crippen molar-refractivity contribution in [2.75, 3.05) is 5.32 Å². The molecule has 3 rings (SSSR count). The first-order chi connectivity index (χ1) is 9.69. The maximum absolute atomic E-state index is 14.0. The maximum Gasteiger partial charge on any atom is 0.186 e. The normalized spacial score (nSPS) is 20.8. The Hall–Kier alpha value is -2.04. The fourth-order valence-corrected chi connectivity index (χ4v) is 2.36. The summed E-state index contributed by atoms with van der Waals surface area (Å²) in [5.74, 6) is -0.0744. The summed E-state index contributed by atoms with van der Waals surface area (Å²) < 4.78 is 26.9. The molecule has 2 aromatic rings. The number of halogens is 2. The molecule has 3 nitrogen and oxygen atoms in total. The topological polar surface area (TPSA) is 37.8 Å². The summed E-state index contributed by atoms with van der Waals surface area (Å²) in [6.07, 6.45) is 2.81. The van der Waals surface area contributed by atoms with E-state index in [0.717, 1.165) is 12.0 Å². The van der Waals surface area contributed by atoms with Gasteiger partial charge in [-0.05, 0) is 30.5 Å². The van der Waals surface area contributed by atoms with Crippen molar-refractivity contribution in [1.82, 2.24) is 9.97 Å². The molecular formula is C15H15F2N3. The van der Waals surface area contributed by atoms with Gasteiger partial charge in [-0.15, -0.1) is 0 Å². The van der Waals surface area contributed by atoms with Crippen LogP contribution in [-0.4, -0.2) is 16.0 Å². The Morgan fingerprint density at radius 3 is 2.65 bits per heavy atom. The fourth-order valence-electron chi connectivity index (χ4n) is 2.36. The predicted octanol–water partition coefficient (Wildman–Crippen LogP) is 3.29. The number of rotatable bonds is 4. The van der Waals surface area contributed by atoms with Crippen molar-refractivity contribution in [3.8, 4) is 0 Å². The van der Waals surface area contributed by atoms with Gasteiger partial charge >= 0.3 is 0 Å². The van der Waals surface area contributed by atoms with Crippen LogP contribution in [0.2, 0.25) is 0 Å². The van der Waals surface area contributed by atoms with Crippen LogP contribution in [0, 0.1) is 11.6 Å². The SMILES string of the molecule is CCc1ncnc(N[C@@H]2C[C@H]2c2ccc(F)cc2)c1F. The standard InChI is InChI=1S/C15H15F2N3/c1-2-12-14(17)15(19-8-18-12)20-13-7-11(13)9-3-5-10(16)6-4-9/h3-6,8,11,13H,2,7H2,1H3,(H,18,19,20)/t11-,13+/m0/s1. The predicted molar refractivity (Wildman–Crippen MR) is 72.5 cm³/mol. The number of anilines is 1. The largest absolute Gasteiger partial charge is 0.364 e. The minimum Gasteiger partial charge on any atom is -0.364 e. The summed E-state index contributed by atoms with van der Waals surface area (Å²) >= 11 is 0. The number of aromatic nitrogens is 2. The average molecular weight is 275 g/mol. The number of benzene rings is 1. The summed E-state index contributed by atoms with van der Waals surface area (Å²) in [6.45, 7) is 1.85. The van der Waals surface area contributed by atoms with Gasteiger partial charge in [0.1, 0.15) is 12.1 Å². The molecule has 0 unspecified atom stereocenters. The van der Waals surface area contributed by atoms with Crippen LogP contribution in [0.15, 0.2) is 30.6 Å². The van der Waals surface area contributed by atoms with Gasteiger partial charge in [0.2, 0.25) is 0 Å². The second-order valence-electron chi connectivity index (χ2n) is 4.98. The van der Waals surface area contributed by atoms with Crippen molar-refractivity contribution in [2.45, 2.75) is 31.7 Å². The highest BCUT2D eigenvalue weighted by Gasteiger charge is 2.39. The molecule has 1 aromatic heterocycles. The number of aryl methyl sites for hydroxylation is 1. The monoisotopic (exact) mass is 275 g/mol. The molecule has 2 atom stereocenters. The average Bonchev–Trinajstić information content (AvgIpc) is 3.21. The van der Waals surface area contributed by atoms with Crippen LogP contribution in [0.4, 0.5) is 14.6 Å². The first-order valence-corrected chi connectivity index (χ1v) is 6.70. The van der Waals surface area contributed by atoms with Crippen LogP contribution in [0.25, 0.3) is 0 Å². The van der Waals surface area contributed by atoms with Gasteiger partial charge in [0.15, 0.2) is 11.6 Å². The highest BCUT2D eigenvalue weighted by Crippen LogP contribution is 2.42. The van der Waals surface area contributed by atoms with Crippen LogP contribution < -0.4 is 5.32 Å². The number of nitrogens with one attached hydrogen (secondary N) is 1. The second-order valence-corrected chi connectivity index (χ2v) is 4.98. The first kappa shape index (κ1) is 13.0. The van der Waals surface area contributed by atoms with Gasteiger partial charge in [0.05, 0.1) is 5.69 Å². The van der Waals surface area contributed by atoms with E-state index in [1.807, 2.05) is 6.92 Å². The van der Waals surface area contributed by atoms with Crippen LogP contribution in [0.3, 0.4) is 0 Å². The Kier molecular flexibility index (Phi) is 3.34. The molecule has 5 heteroatoms. The van der Waals surface area contributed by atoms with Gasteiger partial charge in [0, 0.05) is 12.0 Å². The molecule has 0 bridgehead atoms. The van der Waals surface area contributed by atoms with Crippen molar-refractivity contribution in [2.24, 2.45) is 0 Å². The zero-order valence-electron chi connectivity index (χ0n) is 11.1. The molecule has 1 N–H and O–H groups in total. The quantitative estimate of drug-likeness (QED) is 0.930. The number of hydrogen-bond donors (Lipinski definition) is 1. The lowest BCUT2D eigenvalue weighted by Crippen LogP contribution is -2.10. The van der Waals surface area contributed by atoms with E-state index in [4.69, 9.17) is 0 Å². The third-order valence-corrected chi connectivity index (χ3v) is 3.61. The summed E-state index contributed by atoms with van der Waals surface area (Å²) in [6, 6.07) is 6.59. The summed E-state index contributed by atoms with van der Waals surface area (Å²) in [5, 5.41) is 3.10. The Labute approximate surface area is 116 Å². The highest BCUT2D eigenvalue weighted by molar-refractivity contribution is 5.43. The Morgan fingerprint density at radius 1 is 1.20 bits per heavy atom. The Bertz CT molecular complexity index is 613. The van der Waals surface area contributed by atoms with E-state index in [1.165, 1.54) is 18.5 Å². The lowest BCUT2D eigenvalue weighted by molar-refractivity contribution is 0.596. The van der Waals surface area contributed by atoms with Gasteiger partial charge in [-0.25, -0.2) is 18.7 Å². The van der Waals surface area contributed by atoms with Crippen molar-refractivity contribution in [3.05, 3.63) is 53.5 Å². The molecule has 1 fully saturated rings. The van der Waals surface area contributed by atoms with E-state index in [2.05, 4.69) is 15.3 Å².